The number of rotatable bonds is 6. The second-order valence-corrected chi connectivity index (χ2v) is 7.50. The Balaban J connectivity index is 1.73. The van der Waals surface area contributed by atoms with E-state index < -0.39 is 18.0 Å². The molecule has 0 aliphatic rings. The summed E-state index contributed by atoms with van der Waals surface area (Å²) in [6.07, 6.45) is 0.356. The molecule has 10 heteroatoms. The topological polar surface area (TPSA) is 122 Å². The number of hydrogen-bond donors (Lipinski definition) is 3. The fourth-order valence-electron chi connectivity index (χ4n) is 2.58. The third-order valence-corrected chi connectivity index (χ3v) is 4.77. The fraction of sp³-hybridized carbons (Fsp3) is 0.353. The maximum atomic E-state index is 12.2. The van der Waals surface area contributed by atoms with Crippen molar-refractivity contribution in [1.82, 2.24) is 25.1 Å². The number of nitrogens with one attached hydrogen (secondary N) is 2. The van der Waals surface area contributed by atoms with Crippen LogP contribution in [0.25, 0.3) is 15.5 Å². The normalized spacial score (nSPS) is 12.3. The number of carboxylic acids is 1. The SMILES string of the molecule is Cc1nnc2sc(-c3cccc(NC(=O)NC(CC(C)C)C(=O)O)c3)nn12. The maximum absolute atomic E-state index is 12.2. The van der Waals surface area contributed by atoms with E-state index in [4.69, 9.17) is 0 Å². The molecule has 142 valence electrons. The quantitative estimate of drug-likeness (QED) is 0.597. The highest BCUT2D eigenvalue weighted by Gasteiger charge is 2.21. The molecule has 1 aromatic carbocycles. The van der Waals surface area contributed by atoms with Gasteiger partial charge in [-0.3, -0.25) is 0 Å². The minimum absolute atomic E-state index is 0.150. The Hall–Kier alpha value is -3.01. The Kier molecular flexibility index (Phi) is 5.36. The zero-order valence-corrected chi connectivity index (χ0v) is 15.9. The lowest BCUT2D eigenvalue weighted by Crippen LogP contribution is -2.43. The first-order valence-electron chi connectivity index (χ1n) is 8.43. The zero-order chi connectivity index (χ0) is 19.6. The predicted molar refractivity (Wildman–Crippen MR) is 102 cm³/mol. The van der Waals surface area contributed by atoms with E-state index in [0.717, 1.165) is 10.6 Å². The van der Waals surface area contributed by atoms with E-state index in [2.05, 4.69) is 25.9 Å². The van der Waals surface area contributed by atoms with Gasteiger partial charge in [-0.2, -0.15) is 9.61 Å². The molecular formula is C17H20N6O3S. The fourth-order valence-corrected chi connectivity index (χ4v) is 3.46. The zero-order valence-electron chi connectivity index (χ0n) is 15.1. The highest BCUT2D eigenvalue weighted by molar-refractivity contribution is 7.19. The van der Waals surface area contributed by atoms with Gasteiger partial charge in [-0.05, 0) is 31.4 Å². The lowest BCUT2D eigenvalue weighted by Gasteiger charge is -2.17. The van der Waals surface area contributed by atoms with Gasteiger partial charge >= 0.3 is 12.0 Å². The molecular weight excluding hydrogens is 368 g/mol. The van der Waals surface area contributed by atoms with Crippen LogP contribution in [0.5, 0.6) is 0 Å². The molecule has 0 radical (unpaired) electrons. The monoisotopic (exact) mass is 388 g/mol. The number of amides is 2. The van der Waals surface area contributed by atoms with Gasteiger partial charge in [-0.1, -0.05) is 37.3 Å². The highest BCUT2D eigenvalue weighted by Crippen LogP contribution is 2.27. The minimum atomic E-state index is -1.05. The van der Waals surface area contributed by atoms with Gasteiger partial charge < -0.3 is 15.7 Å². The van der Waals surface area contributed by atoms with E-state index in [0.29, 0.717) is 22.9 Å². The van der Waals surface area contributed by atoms with E-state index in [1.54, 1.807) is 22.7 Å². The Morgan fingerprint density at radius 3 is 2.74 bits per heavy atom. The molecule has 2 amide bonds. The molecule has 3 rings (SSSR count). The van der Waals surface area contributed by atoms with Gasteiger partial charge in [0, 0.05) is 11.3 Å². The smallest absolute Gasteiger partial charge is 0.326 e. The van der Waals surface area contributed by atoms with Crippen molar-refractivity contribution in [3.63, 3.8) is 0 Å². The van der Waals surface area contributed by atoms with Gasteiger partial charge in [0.05, 0.1) is 0 Å². The van der Waals surface area contributed by atoms with Crippen molar-refractivity contribution in [1.29, 1.82) is 0 Å². The number of aromatic nitrogens is 4. The number of benzene rings is 1. The van der Waals surface area contributed by atoms with Crippen molar-refractivity contribution in [3.8, 4) is 10.6 Å². The molecule has 9 nitrogen and oxygen atoms in total. The molecule has 3 N–H and O–H groups in total. The molecule has 2 heterocycles. The summed E-state index contributed by atoms with van der Waals surface area (Å²) in [6, 6.07) is 5.68. The van der Waals surface area contributed by atoms with Crippen LogP contribution >= 0.6 is 11.3 Å². The highest BCUT2D eigenvalue weighted by atomic mass is 32.1. The summed E-state index contributed by atoms with van der Waals surface area (Å²) in [6.45, 7) is 5.63. The summed E-state index contributed by atoms with van der Waals surface area (Å²) in [4.78, 5) is 24.2. The van der Waals surface area contributed by atoms with E-state index in [-0.39, 0.29) is 5.92 Å². The number of fused-ring (bicyclic) bond motifs is 1. The van der Waals surface area contributed by atoms with Crippen LogP contribution in [0.4, 0.5) is 10.5 Å². The average Bonchev–Trinajstić information content (AvgIpc) is 3.16. The van der Waals surface area contributed by atoms with Gasteiger partial charge in [-0.25, -0.2) is 9.59 Å². The molecule has 1 atom stereocenters. The number of aliphatic carboxylic acids is 1. The second-order valence-electron chi connectivity index (χ2n) is 6.55. The molecule has 27 heavy (non-hydrogen) atoms. The van der Waals surface area contributed by atoms with Gasteiger partial charge in [0.25, 0.3) is 0 Å². The molecule has 0 aliphatic heterocycles. The van der Waals surface area contributed by atoms with Gasteiger partial charge in [0.15, 0.2) is 5.82 Å². The molecule has 0 bridgehead atoms. The van der Waals surface area contributed by atoms with Crippen molar-refractivity contribution >= 4 is 34.0 Å². The van der Waals surface area contributed by atoms with E-state index in [9.17, 15) is 14.7 Å². The molecule has 1 unspecified atom stereocenters. The molecule has 2 aromatic heterocycles. The first-order chi connectivity index (χ1) is 12.8. The standard InChI is InChI=1S/C17H20N6O3S/c1-9(2)7-13(15(24)25)19-16(26)18-12-6-4-5-11(8-12)14-22-23-10(3)20-21-17(23)27-14/h4-6,8-9,13H,7H2,1-3H3,(H,24,25)(H2,18,19,26). The third kappa shape index (κ3) is 4.40. The average molecular weight is 388 g/mol. The van der Waals surface area contributed by atoms with Crippen LogP contribution < -0.4 is 10.6 Å². The number of aryl methyl sites for hydroxylation is 1. The Labute approximate surface area is 159 Å². The molecule has 0 saturated heterocycles. The van der Waals surface area contributed by atoms with Gasteiger partial charge in [-0.15, -0.1) is 10.2 Å². The molecule has 0 aliphatic carbocycles. The van der Waals surface area contributed by atoms with Crippen LogP contribution in [-0.2, 0) is 4.79 Å². The van der Waals surface area contributed by atoms with Crippen molar-refractivity contribution in [2.24, 2.45) is 5.92 Å². The number of nitrogens with zero attached hydrogens (tertiary/aromatic N) is 4. The number of carbonyl (C=O) groups excluding carboxylic acids is 1. The molecule has 0 saturated carbocycles. The molecule has 0 fully saturated rings. The van der Waals surface area contributed by atoms with Crippen LogP contribution in [0.15, 0.2) is 24.3 Å². The maximum Gasteiger partial charge on any atom is 0.326 e. The van der Waals surface area contributed by atoms with Crippen LogP contribution in [-0.4, -0.2) is 43.0 Å². The van der Waals surface area contributed by atoms with Crippen LogP contribution in [0.2, 0.25) is 0 Å². The third-order valence-electron chi connectivity index (χ3n) is 3.82. The summed E-state index contributed by atoms with van der Waals surface area (Å²) in [7, 11) is 0. The second kappa shape index (κ2) is 7.70. The minimum Gasteiger partial charge on any atom is -0.480 e. The van der Waals surface area contributed by atoms with E-state index in [1.165, 1.54) is 11.3 Å². The van der Waals surface area contributed by atoms with Gasteiger partial charge in [0.1, 0.15) is 11.0 Å². The summed E-state index contributed by atoms with van der Waals surface area (Å²) >= 11 is 1.39. The Morgan fingerprint density at radius 2 is 2.07 bits per heavy atom. The summed E-state index contributed by atoms with van der Waals surface area (Å²) in [5.41, 5.74) is 1.36. The number of carboxylic acid groups (broad SMARTS) is 1. The van der Waals surface area contributed by atoms with Gasteiger partial charge in [0.2, 0.25) is 4.96 Å². The largest absolute Gasteiger partial charge is 0.480 e. The number of carbonyl (C=O) groups is 2. The van der Waals surface area contributed by atoms with Crippen LogP contribution in [0, 0.1) is 12.8 Å². The van der Waals surface area contributed by atoms with Crippen molar-refractivity contribution in [2.45, 2.75) is 33.2 Å². The summed E-state index contributed by atoms with van der Waals surface area (Å²) in [5.74, 6) is -0.203. The molecule has 0 spiro atoms. The Morgan fingerprint density at radius 1 is 1.30 bits per heavy atom. The first-order valence-corrected chi connectivity index (χ1v) is 9.24. The van der Waals surface area contributed by atoms with E-state index in [1.807, 2.05) is 26.8 Å². The van der Waals surface area contributed by atoms with Crippen molar-refractivity contribution < 1.29 is 14.7 Å². The lowest BCUT2D eigenvalue weighted by atomic mass is 10.0. The molecule has 3 aromatic rings. The number of urea groups is 1. The Bertz CT molecular complexity index is 980. The van der Waals surface area contributed by atoms with Crippen LogP contribution in [0.1, 0.15) is 26.1 Å². The predicted octanol–water partition coefficient (Wildman–Crippen LogP) is 2.78. The van der Waals surface area contributed by atoms with Crippen LogP contribution in [0.3, 0.4) is 0 Å². The number of hydrogen-bond acceptors (Lipinski definition) is 6. The van der Waals surface area contributed by atoms with Crippen molar-refractivity contribution in [2.75, 3.05) is 5.32 Å². The lowest BCUT2D eigenvalue weighted by molar-refractivity contribution is -0.139. The van der Waals surface area contributed by atoms with Crippen molar-refractivity contribution in [3.05, 3.63) is 30.1 Å². The summed E-state index contributed by atoms with van der Waals surface area (Å²) in [5, 5.41) is 27.6. The number of anilines is 1. The first kappa shape index (κ1) is 18.8. The summed E-state index contributed by atoms with van der Waals surface area (Å²) < 4.78 is 1.66. The van der Waals surface area contributed by atoms with E-state index >= 15 is 0 Å².